The fourth-order valence-corrected chi connectivity index (χ4v) is 11.0. The summed E-state index contributed by atoms with van der Waals surface area (Å²) < 4.78 is 4.95. The second-order valence-electron chi connectivity index (χ2n) is 17.2. The lowest BCUT2D eigenvalue weighted by Crippen LogP contribution is -2.14. The minimum atomic E-state index is -0.0777. The van der Waals surface area contributed by atoms with Gasteiger partial charge >= 0.3 is 0 Å². The summed E-state index contributed by atoms with van der Waals surface area (Å²) in [7, 11) is 0. The van der Waals surface area contributed by atoms with E-state index in [-0.39, 0.29) is 5.41 Å². The maximum absolute atomic E-state index is 2.48. The second kappa shape index (κ2) is 11.9. The molecule has 59 heavy (non-hydrogen) atoms. The van der Waals surface area contributed by atoms with Crippen molar-refractivity contribution in [2.75, 3.05) is 0 Å². The van der Waals surface area contributed by atoms with Gasteiger partial charge in [-0.15, -0.1) is 0 Å². The van der Waals surface area contributed by atoms with Crippen molar-refractivity contribution < 1.29 is 0 Å². The Kier molecular flexibility index (Phi) is 6.65. The van der Waals surface area contributed by atoms with Crippen LogP contribution in [0.1, 0.15) is 42.7 Å². The first-order chi connectivity index (χ1) is 29.0. The van der Waals surface area contributed by atoms with E-state index in [1.165, 1.54) is 121 Å². The Labute approximate surface area is 342 Å². The zero-order valence-corrected chi connectivity index (χ0v) is 33.1. The Morgan fingerprint density at radius 3 is 1.86 bits per heavy atom. The number of hydrogen-bond acceptors (Lipinski definition) is 0. The van der Waals surface area contributed by atoms with Gasteiger partial charge in [-0.3, -0.25) is 0 Å². The lowest BCUT2D eigenvalue weighted by molar-refractivity contribution is 0.661. The Balaban J connectivity index is 1.06. The SMILES string of the molecule is CC1(C)c2ccccc2-c2cc3c4cc(-c5ccc6c7ccccc7c7ccc(-n8c9c(c%10ccccc%108)CCC=C9)cc7c6c5)ccc4n(-c4ccccc4)c3cc21. The number of hydrogen-bond donors (Lipinski definition) is 0. The van der Waals surface area contributed by atoms with E-state index in [0.717, 1.165) is 12.8 Å². The summed E-state index contributed by atoms with van der Waals surface area (Å²) in [5, 5.41) is 11.6. The molecular formula is C57H40N2. The van der Waals surface area contributed by atoms with E-state index < -0.39 is 0 Å². The molecule has 2 aliphatic carbocycles. The van der Waals surface area contributed by atoms with Gasteiger partial charge in [-0.1, -0.05) is 129 Å². The van der Waals surface area contributed by atoms with Gasteiger partial charge in [0.2, 0.25) is 0 Å². The third-order valence-corrected chi connectivity index (χ3v) is 13.8. The third-order valence-electron chi connectivity index (χ3n) is 13.8. The minimum Gasteiger partial charge on any atom is -0.310 e. The van der Waals surface area contributed by atoms with Crippen LogP contribution in [0, 0.1) is 0 Å². The van der Waals surface area contributed by atoms with Gasteiger partial charge in [-0.25, -0.2) is 0 Å². The molecular weight excluding hydrogens is 713 g/mol. The number of para-hydroxylation sites is 2. The van der Waals surface area contributed by atoms with E-state index in [0.29, 0.717) is 0 Å². The van der Waals surface area contributed by atoms with Crippen molar-refractivity contribution in [2.24, 2.45) is 0 Å². The average molecular weight is 753 g/mol. The number of aromatic nitrogens is 2. The molecule has 0 atom stereocenters. The van der Waals surface area contributed by atoms with Crippen LogP contribution >= 0.6 is 0 Å². The summed E-state index contributed by atoms with van der Waals surface area (Å²) in [5.41, 5.74) is 16.8. The quantitative estimate of drug-likeness (QED) is 0.159. The highest BCUT2D eigenvalue weighted by Crippen LogP contribution is 2.51. The standard InChI is InChI=1S/C57H40N2/c1-57(2)51-21-11-8-18-43(51)48-33-50-49-31-36(25-29-55(49)58(56(50)34-52(48)57)37-14-4-3-5-15-37)35-24-27-41-39-16-6-7-17-40(39)42-28-26-38(32-47(42)46(41)30-35)59-53-22-12-9-19-44(53)45-20-10-13-23-54(45)59/h3-9,11-19,21-34H,10,20H2,1-2H3. The maximum atomic E-state index is 2.48. The predicted octanol–water partition coefficient (Wildman–Crippen LogP) is 15.1. The summed E-state index contributed by atoms with van der Waals surface area (Å²) in [6.07, 6.45) is 6.82. The van der Waals surface area contributed by atoms with Crippen LogP contribution < -0.4 is 0 Å². The fraction of sp³-hybridized carbons (Fsp3) is 0.0877. The normalized spacial score (nSPS) is 14.2. The molecule has 13 rings (SSSR count). The van der Waals surface area contributed by atoms with Gasteiger partial charge < -0.3 is 9.13 Å². The number of rotatable bonds is 3. The number of fused-ring (bicyclic) bond motifs is 15. The molecule has 9 aromatic carbocycles. The van der Waals surface area contributed by atoms with E-state index in [2.05, 4.69) is 205 Å². The van der Waals surface area contributed by atoms with E-state index in [1.807, 2.05) is 0 Å². The van der Waals surface area contributed by atoms with Crippen molar-refractivity contribution in [1.29, 1.82) is 0 Å². The molecule has 0 bridgehead atoms. The molecule has 0 fully saturated rings. The van der Waals surface area contributed by atoms with Crippen molar-refractivity contribution in [3.8, 4) is 33.6 Å². The van der Waals surface area contributed by atoms with Crippen LogP contribution in [0.5, 0.6) is 0 Å². The highest BCUT2D eigenvalue weighted by atomic mass is 15.0. The van der Waals surface area contributed by atoms with Crippen molar-refractivity contribution in [3.63, 3.8) is 0 Å². The van der Waals surface area contributed by atoms with Gasteiger partial charge in [0.1, 0.15) is 0 Å². The summed E-state index contributed by atoms with van der Waals surface area (Å²) in [6, 6.07) is 64.0. The lowest BCUT2D eigenvalue weighted by Gasteiger charge is -2.21. The molecule has 0 spiro atoms. The average Bonchev–Trinajstić information content (AvgIpc) is 3.88. The molecule has 2 aliphatic rings. The van der Waals surface area contributed by atoms with E-state index in [1.54, 1.807) is 0 Å². The fourth-order valence-electron chi connectivity index (χ4n) is 11.0. The molecule has 0 aliphatic heterocycles. The van der Waals surface area contributed by atoms with Crippen LogP contribution in [0.2, 0.25) is 0 Å². The topological polar surface area (TPSA) is 9.86 Å². The van der Waals surface area contributed by atoms with E-state index in [4.69, 9.17) is 0 Å². The molecule has 2 aromatic heterocycles. The van der Waals surface area contributed by atoms with Crippen LogP contribution in [-0.4, -0.2) is 9.13 Å². The molecule has 11 aromatic rings. The first-order valence-corrected chi connectivity index (χ1v) is 21.0. The Bertz CT molecular complexity index is 3630. The van der Waals surface area contributed by atoms with Gasteiger partial charge in [-0.2, -0.15) is 0 Å². The van der Waals surface area contributed by atoms with Gasteiger partial charge in [-0.05, 0) is 151 Å². The first-order valence-electron chi connectivity index (χ1n) is 21.0. The predicted molar refractivity (Wildman–Crippen MR) is 250 cm³/mol. The molecule has 2 heterocycles. The summed E-state index contributed by atoms with van der Waals surface area (Å²) in [6.45, 7) is 4.75. The Morgan fingerprint density at radius 2 is 1.03 bits per heavy atom. The van der Waals surface area contributed by atoms with Crippen molar-refractivity contribution in [3.05, 3.63) is 198 Å². The van der Waals surface area contributed by atoms with Gasteiger partial charge in [0, 0.05) is 38.6 Å². The van der Waals surface area contributed by atoms with Crippen LogP contribution in [0.15, 0.2) is 176 Å². The smallest absolute Gasteiger partial charge is 0.0544 e. The van der Waals surface area contributed by atoms with Crippen molar-refractivity contribution in [1.82, 2.24) is 9.13 Å². The highest BCUT2D eigenvalue weighted by Gasteiger charge is 2.36. The summed E-state index contributed by atoms with van der Waals surface area (Å²) in [4.78, 5) is 0. The lowest BCUT2D eigenvalue weighted by atomic mass is 9.82. The number of allylic oxidation sites excluding steroid dienone is 1. The number of nitrogens with zero attached hydrogens (tertiary/aromatic N) is 2. The molecule has 2 nitrogen and oxygen atoms in total. The molecule has 0 N–H and O–H groups in total. The molecule has 278 valence electrons. The summed E-state index contributed by atoms with van der Waals surface area (Å²) in [5.74, 6) is 0. The summed E-state index contributed by atoms with van der Waals surface area (Å²) >= 11 is 0. The molecule has 2 heteroatoms. The van der Waals surface area contributed by atoms with Crippen LogP contribution in [-0.2, 0) is 11.8 Å². The van der Waals surface area contributed by atoms with Crippen LogP contribution in [0.25, 0.3) is 105 Å². The minimum absolute atomic E-state index is 0.0777. The first kappa shape index (κ1) is 32.9. The molecule has 0 saturated carbocycles. The number of benzene rings is 9. The molecule has 0 unspecified atom stereocenters. The second-order valence-corrected chi connectivity index (χ2v) is 17.2. The largest absolute Gasteiger partial charge is 0.310 e. The zero-order valence-electron chi connectivity index (χ0n) is 33.1. The van der Waals surface area contributed by atoms with Crippen molar-refractivity contribution >= 4 is 71.1 Å². The third kappa shape index (κ3) is 4.52. The van der Waals surface area contributed by atoms with Crippen LogP contribution in [0.4, 0.5) is 0 Å². The zero-order chi connectivity index (χ0) is 39.0. The van der Waals surface area contributed by atoms with Gasteiger partial charge in [0.25, 0.3) is 0 Å². The van der Waals surface area contributed by atoms with E-state index in [9.17, 15) is 0 Å². The molecule has 0 amide bonds. The monoisotopic (exact) mass is 752 g/mol. The van der Waals surface area contributed by atoms with E-state index >= 15 is 0 Å². The van der Waals surface area contributed by atoms with Gasteiger partial charge in [0.15, 0.2) is 0 Å². The van der Waals surface area contributed by atoms with Crippen LogP contribution in [0.3, 0.4) is 0 Å². The maximum Gasteiger partial charge on any atom is 0.0544 e. The number of aryl methyl sites for hydroxylation is 1. The van der Waals surface area contributed by atoms with Gasteiger partial charge in [0.05, 0.1) is 16.6 Å². The Morgan fingerprint density at radius 1 is 0.407 bits per heavy atom. The molecule has 0 radical (unpaired) electrons. The molecule has 0 saturated heterocycles. The highest BCUT2D eigenvalue weighted by molar-refractivity contribution is 6.26. The van der Waals surface area contributed by atoms with Crippen molar-refractivity contribution in [2.45, 2.75) is 32.1 Å². The Hall–Kier alpha value is -7.16.